The van der Waals surface area contributed by atoms with Gasteiger partial charge in [-0.3, -0.25) is 0 Å². The molecular weight excluding hydrogens is 276 g/mol. The zero-order valence-corrected chi connectivity index (χ0v) is 12.5. The van der Waals surface area contributed by atoms with Gasteiger partial charge in [0.15, 0.2) is 0 Å². The molecule has 9 nitrogen and oxygen atoms in total. The molecule has 1 rings (SSSR count). The van der Waals surface area contributed by atoms with E-state index in [1.807, 2.05) is 20.8 Å². The summed E-state index contributed by atoms with van der Waals surface area (Å²) >= 11 is 0. The molecule has 1 heterocycles. The standard InChI is InChI=1S/C12H22N6O3/c1-9(6-13)7-15-12(2,3)10(16-19)8-17-5-4-14-11(17)18(20)21/h4-5,9,15,19H,6-8,13H2,1-3H3/b16-10+. The van der Waals surface area contributed by atoms with Crippen LogP contribution in [0, 0.1) is 16.0 Å². The monoisotopic (exact) mass is 298 g/mol. The molecule has 0 amide bonds. The van der Waals surface area contributed by atoms with Crippen LogP contribution < -0.4 is 11.1 Å². The molecule has 1 unspecified atom stereocenters. The van der Waals surface area contributed by atoms with Crippen LogP contribution in [0.5, 0.6) is 0 Å². The third-order valence-corrected chi connectivity index (χ3v) is 3.31. The Hall–Kier alpha value is -2.00. The number of nitro groups is 1. The van der Waals surface area contributed by atoms with Crippen molar-refractivity contribution in [2.75, 3.05) is 13.1 Å². The van der Waals surface area contributed by atoms with Crippen molar-refractivity contribution in [3.8, 4) is 0 Å². The normalized spacial score (nSPS) is 14.2. The summed E-state index contributed by atoms with van der Waals surface area (Å²) in [6, 6.07) is 0. The zero-order chi connectivity index (χ0) is 16.0. The molecule has 0 aliphatic carbocycles. The van der Waals surface area contributed by atoms with Gasteiger partial charge in [-0.2, -0.15) is 0 Å². The summed E-state index contributed by atoms with van der Waals surface area (Å²) in [5.74, 6) is -0.0194. The molecule has 21 heavy (non-hydrogen) atoms. The lowest BCUT2D eigenvalue weighted by Crippen LogP contribution is -2.50. The number of nitrogens with two attached hydrogens (primary N) is 1. The molecule has 1 aromatic heterocycles. The number of oxime groups is 1. The molecule has 4 N–H and O–H groups in total. The van der Waals surface area contributed by atoms with E-state index in [-0.39, 0.29) is 18.4 Å². The van der Waals surface area contributed by atoms with E-state index in [4.69, 9.17) is 5.73 Å². The Bertz CT molecular complexity index is 511. The molecule has 0 aliphatic heterocycles. The molecule has 0 saturated heterocycles. The predicted molar refractivity (Wildman–Crippen MR) is 78.4 cm³/mol. The van der Waals surface area contributed by atoms with Gasteiger partial charge in [-0.15, -0.1) is 0 Å². The van der Waals surface area contributed by atoms with Gasteiger partial charge < -0.3 is 26.4 Å². The highest BCUT2D eigenvalue weighted by Crippen LogP contribution is 2.13. The van der Waals surface area contributed by atoms with Crippen LogP contribution in [0.15, 0.2) is 17.5 Å². The van der Waals surface area contributed by atoms with Crippen LogP contribution in [0.3, 0.4) is 0 Å². The van der Waals surface area contributed by atoms with Crippen LogP contribution >= 0.6 is 0 Å². The van der Waals surface area contributed by atoms with Crippen LogP contribution in [0.1, 0.15) is 20.8 Å². The fraction of sp³-hybridized carbons (Fsp3) is 0.667. The number of aromatic nitrogens is 2. The minimum Gasteiger partial charge on any atom is -0.411 e. The molecule has 0 spiro atoms. The Kier molecular flexibility index (Phi) is 5.79. The molecule has 0 radical (unpaired) electrons. The van der Waals surface area contributed by atoms with Gasteiger partial charge in [0.2, 0.25) is 0 Å². The second-order valence-corrected chi connectivity index (χ2v) is 5.51. The smallest absolute Gasteiger partial charge is 0.411 e. The van der Waals surface area contributed by atoms with Crippen LogP contribution in [0.4, 0.5) is 5.95 Å². The Morgan fingerprint density at radius 2 is 2.38 bits per heavy atom. The highest BCUT2D eigenvalue weighted by molar-refractivity contribution is 5.92. The van der Waals surface area contributed by atoms with E-state index in [1.165, 1.54) is 17.0 Å². The van der Waals surface area contributed by atoms with Crippen molar-refractivity contribution in [2.45, 2.75) is 32.9 Å². The fourth-order valence-electron chi connectivity index (χ4n) is 1.73. The van der Waals surface area contributed by atoms with Gasteiger partial charge in [0.1, 0.15) is 24.7 Å². The van der Waals surface area contributed by atoms with Crippen molar-refractivity contribution >= 4 is 11.7 Å². The van der Waals surface area contributed by atoms with E-state index >= 15 is 0 Å². The molecule has 118 valence electrons. The van der Waals surface area contributed by atoms with E-state index in [1.54, 1.807) is 0 Å². The first-order chi connectivity index (χ1) is 9.81. The summed E-state index contributed by atoms with van der Waals surface area (Å²) < 4.78 is 1.32. The lowest BCUT2D eigenvalue weighted by molar-refractivity contribution is -0.396. The average Bonchev–Trinajstić information content (AvgIpc) is 2.90. The molecule has 9 heteroatoms. The maximum absolute atomic E-state index is 10.8. The largest absolute Gasteiger partial charge is 0.434 e. The van der Waals surface area contributed by atoms with Crippen molar-refractivity contribution in [3.63, 3.8) is 0 Å². The lowest BCUT2D eigenvalue weighted by atomic mass is 9.97. The molecule has 0 aromatic carbocycles. The van der Waals surface area contributed by atoms with Crippen molar-refractivity contribution in [3.05, 3.63) is 22.5 Å². The van der Waals surface area contributed by atoms with Gasteiger partial charge in [-0.25, -0.2) is 4.57 Å². The summed E-state index contributed by atoms with van der Waals surface area (Å²) in [5, 5.41) is 26.6. The summed E-state index contributed by atoms with van der Waals surface area (Å²) in [7, 11) is 0. The molecule has 0 fully saturated rings. The SMILES string of the molecule is CC(CN)CNC(C)(C)/C(Cn1ccnc1[N+](=O)[O-])=N/O. The third kappa shape index (κ3) is 4.50. The third-order valence-electron chi connectivity index (χ3n) is 3.31. The number of nitrogens with zero attached hydrogens (tertiary/aromatic N) is 4. The summed E-state index contributed by atoms with van der Waals surface area (Å²) in [6.45, 7) is 6.95. The van der Waals surface area contributed by atoms with E-state index in [0.29, 0.717) is 18.8 Å². The Morgan fingerprint density at radius 1 is 1.71 bits per heavy atom. The van der Waals surface area contributed by atoms with Crippen molar-refractivity contribution in [1.82, 2.24) is 14.9 Å². The summed E-state index contributed by atoms with van der Waals surface area (Å²) in [5.41, 5.74) is 5.31. The molecule has 1 aromatic rings. The first-order valence-electron chi connectivity index (χ1n) is 6.63. The maximum atomic E-state index is 10.8. The van der Waals surface area contributed by atoms with Crippen molar-refractivity contribution in [2.24, 2.45) is 16.8 Å². The highest BCUT2D eigenvalue weighted by Gasteiger charge is 2.28. The first kappa shape index (κ1) is 17.1. The lowest BCUT2D eigenvalue weighted by Gasteiger charge is -2.28. The minimum atomic E-state index is -0.629. The second-order valence-electron chi connectivity index (χ2n) is 5.51. The predicted octanol–water partition coefficient (Wildman–Crippen LogP) is 0.585. The molecule has 0 bridgehead atoms. The Balaban J connectivity index is 2.83. The number of rotatable bonds is 8. The van der Waals surface area contributed by atoms with E-state index in [2.05, 4.69) is 15.5 Å². The Labute approximate surface area is 123 Å². The summed E-state index contributed by atoms with van der Waals surface area (Å²) in [4.78, 5) is 13.9. The van der Waals surface area contributed by atoms with Gasteiger partial charge in [0, 0.05) is 0 Å². The zero-order valence-electron chi connectivity index (χ0n) is 12.5. The fourth-order valence-corrected chi connectivity index (χ4v) is 1.73. The van der Waals surface area contributed by atoms with E-state index in [0.717, 1.165) is 0 Å². The number of hydrogen-bond donors (Lipinski definition) is 3. The molecule has 1 atom stereocenters. The van der Waals surface area contributed by atoms with Gasteiger partial charge >= 0.3 is 5.95 Å². The number of nitrogens with one attached hydrogen (secondary N) is 1. The van der Waals surface area contributed by atoms with E-state index in [9.17, 15) is 15.3 Å². The average molecular weight is 298 g/mol. The topological polar surface area (TPSA) is 132 Å². The van der Waals surface area contributed by atoms with Gasteiger partial charge in [-0.05, 0) is 37.8 Å². The second kappa shape index (κ2) is 7.14. The van der Waals surface area contributed by atoms with Gasteiger partial charge in [-0.1, -0.05) is 17.1 Å². The van der Waals surface area contributed by atoms with Crippen LogP contribution in [0.25, 0.3) is 0 Å². The van der Waals surface area contributed by atoms with Gasteiger partial charge in [0.25, 0.3) is 0 Å². The van der Waals surface area contributed by atoms with E-state index < -0.39 is 10.5 Å². The van der Waals surface area contributed by atoms with Crippen LogP contribution in [-0.4, -0.2) is 44.0 Å². The Morgan fingerprint density at radius 3 is 2.90 bits per heavy atom. The minimum absolute atomic E-state index is 0.0732. The first-order valence-corrected chi connectivity index (χ1v) is 6.63. The maximum Gasteiger partial charge on any atom is 0.434 e. The van der Waals surface area contributed by atoms with Crippen LogP contribution in [-0.2, 0) is 6.54 Å². The quantitative estimate of drug-likeness (QED) is 0.278. The van der Waals surface area contributed by atoms with Crippen LogP contribution in [0.2, 0.25) is 0 Å². The van der Waals surface area contributed by atoms with Gasteiger partial charge in [0.05, 0.1) is 5.54 Å². The highest BCUT2D eigenvalue weighted by atomic mass is 16.6. The molecule has 0 saturated carbocycles. The number of imidazole rings is 1. The van der Waals surface area contributed by atoms with Crippen molar-refractivity contribution < 1.29 is 10.1 Å². The van der Waals surface area contributed by atoms with Crippen molar-refractivity contribution in [1.29, 1.82) is 0 Å². The molecular formula is C12H22N6O3. The molecule has 0 aliphatic rings. The summed E-state index contributed by atoms with van der Waals surface area (Å²) in [6.07, 6.45) is 2.81. The number of hydrogen-bond acceptors (Lipinski definition) is 7.